The fraction of sp³-hybridized carbons (Fsp3) is 0.263. The van der Waals surface area contributed by atoms with Gasteiger partial charge in [-0.1, -0.05) is 18.2 Å². The summed E-state index contributed by atoms with van der Waals surface area (Å²) in [5.74, 6) is 1.43. The van der Waals surface area contributed by atoms with Gasteiger partial charge in [-0.2, -0.15) is 0 Å². The zero-order valence-electron chi connectivity index (χ0n) is 13.8. The number of piperidine rings is 1. The highest BCUT2D eigenvalue weighted by Gasteiger charge is 2.24. The number of benzene rings is 1. The number of nitrogens with zero attached hydrogens (tertiary/aromatic N) is 2. The Kier molecular flexibility index (Phi) is 4.61. The maximum absolute atomic E-state index is 12.2. The Morgan fingerprint density at radius 1 is 1.08 bits per heavy atom. The standard InChI is InChI=1S/C19H19N3O2S/c23-18-16(25-19(21-18)20-14-7-3-1-4-8-14)13-15-9-10-17(24-15)22-11-5-2-6-12-22/h1,3-4,7-10,13H,2,5-6,11-12H2,(H,20,21,23)/b16-13-. The Morgan fingerprint density at radius 2 is 1.88 bits per heavy atom. The van der Waals surface area contributed by atoms with E-state index in [1.54, 1.807) is 6.08 Å². The van der Waals surface area contributed by atoms with E-state index in [0.717, 1.165) is 24.7 Å². The number of amides is 1. The van der Waals surface area contributed by atoms with Gasteiger partial charge in [0.15, 0.2) is 11.1 Å². The smallest absolute Gasteiger partial charge is 0.264 e. The molecule has 2 fully saturated rings. The van der Waals surface area contributed by atoms with Crippen molar-refractivity contribution in [3.05, 3.63) is 53.1 Å². The second kappa shape index (κ2) is 7.19. The summed E-state index contributed by atoms with van der Waals surface area (Å²) in [4.78, 5) is 19.5. The SMILES string of the molecule is O=C1NC(=Nc2ccccc2)S/C1=C\c1ccc(N2CCCCC2)o1. The van der Waals surface area contributed by atoms with Crippen molar-refractivity contribution in [3.8, 4) is 0 Å². The van der Waals surface area contributed by atoms with Crippen LogP contribution in [0.15, 0.2) is 56.8 Å². The summed E-state index contributed by atoms with van der Waals surface area (Å²) < 4.78 is 5.90. The third-order valence-corrected chi connectivity index (χ3v) is 5.10. The maximum Gasteiger partial charge on any atom is 0.264 e. The van der Waals surface area contributed by atoms with E-state index in [-0.39, 0.29) is 5.91 Å². The third kappa shape index (κ3) is 3.79. The summed E-state index contributed by atoms with van der Waals surface area (Å²) in [6.45, 7) is 2.07. The van der Waals surface area contributed by atoms with Crippen LogP contribution < -0.4 is 10.2 Å². The molecule has 4 rings (SSSR count). The van der Waals surface area contributed by atoms with Crippen LogP contribution >= 0.6 is 11.8 Å². The summed E-state index contributed by atoms with van der Waals surface area (Å²) in [6.07, 6.45) is 5.47. The average molecular weight is 353 g/mol. The largest absolute Gasteiger partial charge is 0.441 e. The number of furan rings is 1. The van der Waals surface area contributed by atoms with Crippen LogP contribution in [0, 0.1) is 0 Å². The summed E-state index contributed by atoms with van der Waals surface area (Å²) in [5.41, 5.74) is 0.817. The number of carbonyl (C=O) groups is 1. The van der Waals surface area contributed by atoms with Gasteiger partial charge in [0.2, 0.25) is 0 Å². The molecule has 25 heavy (non-hydrogen) atoms. The van der Waals surface area contributed by atoms with Crippen LogP contribution in [-0.2, 0) is 4.79 Å². The Bertz CT molecular complexity index is 820. The molecule has 1 amide bonds. The molecule has 0 saturated carbocycles. The van der Waals surface area contributed by atoms with Crippen LogP contribution in [0.1, 0.15) is 25.0 Å². The Hall–Kier alpha value is -2.47. The Morgan fingerprint density at radius 3 is 2.68 bits per heavy atom. The van der Waals surface area contributed by atoms with Crippen molar-refractivity contribution in [2.24, 2.45) is 4.99 Å². The molecule has 1 aromatic heterocycles. The number of anilines is 1. The molecule has 0 unspecified atom stereocenters. The molecule has 0 radical (unpaired) electrons. The van der Waals surface area contributed by atoms with Crippen molar-refractivity contribution in [3.63, 3.8) is 0 Å². The first-order valence-electron chi connectivity index (χ1n) is 8.47. The zero-order valence-corrected chi connectivity index (χ0v) is 14.6. The molecule has 0 aliphatic carbocycles. The van der Waals surface area contributed by atoms with E-state index in [9.17, 15) is 4.79 Å². The van der Waals surface area contributed by atoms with E-state index in [2.05, 4.69) is 15.2 Å². The minimum Gasteiger partial charge on any atom is -0.441 e. The number of nitrogens with one attached hydrogen (secondary N) is 1. The van der Waals surface area contributed by atoms with Gasteiger partial charge in [0, 0.05) is 25.2 Å². The first-order chi connectivity index (χ1) is 12.3. The molecule has 0 atom stereocenters. The monoisotopic (exact) mass is 353 g/mol. The maximum atomic E-state index is 12.2. The molecule has 6 heteroatoms. The second-order valence-electron chi connectivity index (χ2n) is 6.04. The van der Waals surface area contributed by atoms with Gasteiger partial charge in [-0.3, -0.25) is 4.79 Å². The van der Waals surface area contributed by atoms with Gasteiger partial charge >= 0.3 is 0 Å². The lowest BCUT2D eigenvalue weighted by atomic mass is 10.1. The zero-order chi connectivity index (χ0) is 17.1. The van der Waals surface area contributed by atoms with Gasteiger partial charge in [-0.05, 0) is 49.2 Å². The summed E-state index contributed by atoms with van der Waals surface area (Å²) in [5, 5.41) is 3.38. The van der Waals surface area contributed by atoms with Crippen molar-refractivity contribution < 1.29 is 9.21 Å². The first kappa shape index (κ1) is 16.0. The van der Waals surface area contributed by atoms with Crippen molar-refractivity contribution in [1.29, 1.82) is 0 Å². The van der Waals surface area contributed by atoms with E-state index in [1.807, 2.05) is 42.5 Å². The lowest BCUT2D eigenvalue weighted by Crippen LogP contribution is -2.28. The van der Waals surface area contributed by atoms with E-state index >= 15 is 0 Å². The van der Waals surface area contributed by atoms with Crippen LogP contribution in [0.4, 0.5) is 11.6 Å². The second-order valence-corrected chi connectivity index (χ2v) is 7.07. The molecular weight excluding hydrogens is 334 g/mol. The van der Waals surface area contributed by atoms with Crippen LogP contribution in [0.25, 0.3) is 6.08 Å². The first-order valence-corrected chi connectivity index (χ1v) is 9.29. The van der Waals surface area contributed by atoms with Crippen molar-refractivity contribution in [2.45, 2.75) is 19.3 Å². The highest BCUT2D eigenvalue weighted by molar-refractivity contribution is 8.18. The number of para-hydroxylation sites is 1. The van der Waals surface area contributed by atoms with Gasteiger partial charge in [-0.25, -0.2) is 4.99 Å². The molecule has 0 spiro atoms. The number of amidine groups is 1. The highest BCUT2D eigenvalue weighted by atomic mass is 32.2. The minimum atomic E-state index is -0.143. The van der Waals surface area contributed by atoms with Crippen molar-refractivity contribution in [1.82, 2.24) is 5.32 Å². The fourth-order valence-corrected chi connectivity index (χ4v) is 3.76. The lowest BCUT2D eigenvalue weighted by molar-refractivity contribution is -0.115. The number of hydrogen-bond acceptors (Lipinski definition) is 5. The van der Waals surface area contributed by atoms with Crippen molar-refractivity contribution in [2.75, 3.05) is 18.0 Å². The van der Waals surface area contributed by atoms with Crippen LogP contribution in [0.5, 0.6) is 0 Å². The van der Waals surface area contributed by atoms with Crippen LogP contribution in [0.2, 0.25) is 0 Å². The molecule has 5 nitrogen and oxygen atoms in total. The molecule has 2 aromatic rings. The molecule has 2 saturated heterocycles. The molecule has 2 aliphatic heterocycles. The van der Waals surface area contributed by atoms with Gasteiger partial charge in [0.25, 0.3) is 5.91 Å². The van der Waals surface area contributed by atoms with Gasteiger partial charge in [0.1, 0.15) is 5.76 Å². The van der Waals surface area contributed by atoms with Crippen LogP contribution in [-0.4, -0.2) is 24.2 Å². The molecular formula is C19H19N3O2S. The Balaban J connectivity index is 1.49. The van der Waals surface area contributed by atoms with Crippen LogP contribution in [0.3, 0.4) is 0 Å². The number of thioether (sulfide) groups is 1. The predicted octanol–water partition coefficient (Wildman–Crippen LogP) is 4.16. The quantitative estimate of drug-likeness (QED) is 0.842. The van der Waals surface area contributed by atoms with E-state index in [1.165, 1.54) is 31.0 Å². The molecule has 3 heterocycles. The minimum absolute atomic E-state index is 0.143. The predicted molar refractivity (Wildman–Crippen MR) is 102 cm³/mol. The lowest BCUT2D eigenvalue weighted by Gasteiger charge is -2.25. The molecule has 128 valence electrons. The summed E-state index contributed by atoms with van der Waals surface area (Å²) in [7, 11) is 0. The van der Waals surface area contributed by atoms with E-state index in [4.69, 9.17) is 4.42 Å². The Labute approximate surface area is 150 Å². The molecule has 0 bridgehead atoms. The van der Waals surface area contributed by atoms with Crippen molar-refractivity contribution >= 4 is 40.5 Å². The van der Waals surface area contributed by atoms with Gasteiger partial charge in [0.05, 0.1) is 10.6 Å². The molecule has 1 aromatic carbocycles. The summed E-state index contributed by atoms with van der Waals surface area (Å²) in [6, 6.07) is 13.5. The fourth-order valence-electron chi connectivity index (χ4n) is 2.93. The number of aliphatic imine (C=N–C) groups is 1. The van der Waals surface area contributed by atoms with E-state index in [0.29, 0.717) is 15.8 Å². The number of rotatable bonds is 3. The third-order valence-electron chi connectivity index (χ3n) is 4.19. The normalized spacial score (nSPS) is 21.1. The topological polar surface area (TPSA) is 57.8 Å². The van der Waals surface area contributed by atoms with Gasteiger partial charge in [-0.15, -0.1) is 0 Å². The van der Waals surface area contributed by atoms with Gasteiger partial charge < -0.3 is 14.6 Å². The molecule has 2 aliphatic rings. The molecule has 1 N–H and O–H groups in total. The highest BCUT2D eigenvalue weighted by Crippen LogP contribution is 2.30. The number of carbonyl (C=O) groups excluding carboxylic acids is 1. The average Bonchev–Trinajstić information content (AvgIpc) is 3.24. The summed E-state index contributed by atoms with van der Waals surface area (Å²) >= 11 is 1.33. The number of hydrogen-bond donors (Lipinski definition) is 1. The van der Waals surface area contributed by atoms with E-state index < -0.39 is 0 Å².